The lowest BCUT2D eigenvalue weighted by Crippen LogP contribution is -2.47. The minimum atomic E-state index is -0.412. The molecule has 1 amide bonds. The van der Waals surface area contributed by atoms with Gasteiger partial charge in [-0.25, -0.2) is 10.9 Å². The number of hydrogen-bond acceptors (Lipinski definition) is 7. The Hall–Kier alpha value is -2.65. The predicted molar refractivity (Wildman–Crippen MR) is 112 cm³/mol. The van der Waals surface area contributed by atoms with Gasteiger partial charge in [-0.2, -0.15) is 11.1 Å². The zero-order valence-electron chi connectivity index (χ0n) is 17.2. The van der Waals surface area contributed by atoms with Crippen LogP contribution in [0.3, 0.4) is 0 Å². The number of hydrazine groups is 3. The third-order valence-corrected chi connectivity index (χ3v) is 5.04. The van der Waals surface area contributed by atoms with Crippen molar-refractivity contribution in [1.82, 2.24) is 21.9 Å². The summed E-state index contributed by atoms with van der Waals surface area (Å²) in [5.74, 6) is 1.32. The van der Waals surface area contributed by atoms with Crippen LogP contribution >= 0.6 is 0 Å². The zero-order chi connectivity index (χ0) is 20.8. The highest BCUT2D eigenvalue weighted by Crippen LogP contribution is 2.28. The number of amides is 1. The fraction of sp³-hybridized carbons (Fsp3) is 0.381. The second-order valence-electron chi connectivity index (χ2n) is 7.27. The van der Waals surface area contributed by atoms with Crippen LogP contribution in [0.25, 0.3) is 0 Å². The van der Waals surface area contributed by atoms with Gasteiger partial charge in [0.15, 0.2) is 0 Å². The van der Waals surface area contributed by atoms with Gasteiger partial charge in [0.2, 0.25) is 5.91 Å². The standard InChI is InChI=1S/C21H29N5O3/c1-13(2)14-5-8-16(9-6-14)22-21(27)18(20-23-25-26-24-20)11-15-7-10-17(28-3)12-19(15)29-4/h5-10,12-13,18,20,23-26H,11H2,1-4H3,(H,22,27). The molecule has 29 heavy (non-hydrogen) atoms. The Morgan fingerprint density at radius 2 is 1.72 bits per heavy atom. The van der Waals surface area contributed by atoms with Crippen molar-refractivity contribution in [3.63, 3.8) is 0 Å². The van der Waals surface area contributed by atoms with Crippen LogP contribution in [0, 0.1) is 5.92 Å². The van der Waals surface area contributed by atoms with Crippen molar-refractivity contribution >= 4 is 11.6 Å². The van der Waals surface area contributed by atoms with Crippen LogP contribution in [0.5, 0.6) is 11.5 Å². The maximum Gasteiger partial charge on any atom is 0.230 e. The molecule has 1 saturated heterocycles. The van der Waals surface area contributed by atoms with Gasteiger partial charge in [-0.05, 0) is 41.7 Å². The van der Waals surface area contributed by atoms with Crippen LogP contribution in [-0.2, 0) is 11.2 Å². The molecule has 0 aromatic heterocycles. The lowest BCUT2D eigenvalue weighted by molar-refractivity contribution is -0.120. The van der Waals surface area contributed by atoms with Crippen LogP contribution in [0.4, 0.5) is 5.69 Å². The van der Waals surface area contributed by atoms with Gasteiger partial charge >= 0.3 is 0 Å². The topological polar surface area (TPSA) is 95.7 Å². The third kappa shape index (κ3) is 5.24. The SMILES string of the molecule is COc1ccc(CC(C(=O)Nc2ccc(C(C)C)cc2)C2NNNN2)c(OC)c1. The molecular formula is C21H29N5O3. The van der Waals surface area contributed by atoms with E-state index in [-0.39, 0.29) is 12.1 Å². The Bertz CT molecular complexity index is 820. The molecule has 0 radical (unpaired) electrons. The molecule has 156 valence electrons. The Labute approximate surface area is 171 Å². The normalized spacial score (nSPS) is 15.3. The first kappa shape index (κ1) is 21.1. The van der Waals surface area contributed by atoms with Crippen molar-refractivity contribution in [1.29, 1.82) is 0 Å². The van der Waals surface area contributed by atoms with E-state index < -0.39 is 5.92 Å². The molecule has 1 atom stereocenters. The molecular weight excluding hydrogens is 370 g/mol. The lowest BCUT2D eigenvalue weighted by atomic mass is 9.94. The first-order chi connectivity index (χ1) is 14.0. The van der Waals surface area contributed by atoms with E-state index in [0.717, 1.165) is 11.3 Å². The molecule has 2 aromatic rings. The van der Waals surface area contributed by atoms with Crippen molar-refractivity contribution in [2.45, 2.75) is 32.4 Å². The largest absolute Gasteiger partial charge is 0.497 e. The lowest BCUT2D eigenvalue weighted by Gasteiger charge is -2.23. The fourth-order valence-electron chi connectivity index (χ4n) is 3.27. The molecule has 0 saturated carbocycles. The van der Waals surface area contributed by atoms with E-state index in [9.17, 15) is 4.79 Å². The summed E-state index contributed by atoms with van der Waals surface area (Å²) in [6.07, 6.45) is 0.161. The zero-order valence-corrected chi connectivity index (χ0v) is 17.2. The summed E-state index contributed by atoms with van der Waals surface area (Å²) in [5.41, 5.74) is 14.5. The highest BCUT2D eigenvalue weighted by molar-refractivity contribution is 5.93. The van der Waals surface area contributed by atoms with Crippen molar-refractivity contribution in [2.75, 3.05) is 19.5 Å². The predicted octanol–water partition coefficient (Wildman–Crippen LogP) is 2.07. The number of anilines is 1. The first-order valence-electron chi connectivity index (χ1n) is 9.64. The van der Waals surface area contributed by atoms with Gasteiger partial charge in [0.05, 0.1) is 26.3 Å². The molecule has 5 N–H and O–H groups in total. The number of carbonyl (C=O) groups excluding carboxylic acids is 1. The van der Waals surface area contributed by atoms with Crippen LogP contribution in [-0.4, -0.2) is 26.3 Å². The number of hydrogen-bond donors (Lipinski definition) is 5. The van der Waals surface area contributed by atoms with Gasteiger partial charge < -0.3 is 14.8 Å². The summed E-state index contributed by atoms with van der Waals surface area (Å²) in [4.78, 5) is 13.1. The Kier molecular flexibility index (Phi) is 7.05. The van der Waals surface area contributed by atoms with Crippen LogP contribution in [0.2, 0.25) is 0 Å². The molecule has 1 heterocycles. The van der Waals surface area contributed by atoms with Crippen molar-refractivity contribution in [3.8, 4) is 11.5 Å². The molecule has 0 bridgehead atoms. The number of nitrogens with one attached hydrogen (secondary N) is 5. The molecule has 0 aliphatic carbocycles. The number of rotatable bonds is 8. The number of methoxy groups -OCH3 is 2. The molecule has 1 aliphatic rings. The quantitative estimate of drug-likeness (QED) is 0.464. The molecule has 3 rings (SSSR count). The summed E-state index contributed by atoms with van der Waals surface area (Å²) >= 11 is 0. The minimum absolute atomic E-state index is 0.101. The average Bonchev–Trinajstić information content (AvgIpc) is 3.26. The van der Waals surface area contributed by atoms with E-state index in [1.807, 2.05) is 42.5 Å². The van der Waals surface area contributed by atoms with E-state index in [4.69, 9.17) is 9.47 Å². The summed E-state index contributed by atoms with van der Waals surface area (Å²) < 4.78 is 10.8. The molecule has 8 heteroatoms. The summed E-state index contributed by atoms with van der Waals surface area (Å²) in [5, 5.41) is 3.03. The van der Waals surface area contributed by atoms with E-state index >= 15 is 0 Å². The van der Waals surface area contributed by atoms with Crippen molar-refractivity contribution in [2.24, 2.45) is 5.92 Å². The smallest absolute Gasteiger partial charge is 0.230 e. The van der Waals surface area contributed by atoms with E-state index in [1.165, 1.54) is 5.56 Å². The van der Waals surface area contributed by atoms with Crippen LogP contribution < -0.4 is 36.7 Å². The van der Waals surface area contributed by atoms with Crippen molar-refractivity contribution in [3.05, 3.63) is 53.6 Å². The highest BCUT2D eigenvalue weighted by Gasteiger charge is 2.31. The molecule has 1 aliphatic heterocycles. The maximum absolute atomic E-state index is 13.1. The van der Waals surface area contributed by atoms with Crippen LogP contribution in [0.15, 0.2) is 42.5 Å². The van der Waals surface area contributed by atoms with E-state index in [1.54, 1.807) is 14.2 Å². The second-order valence-corrected chi connectivity index (χ2v) is 7.27. The third-order valence-electron chi connectivity index (χ3n) is 5.04. The molecule has 0 spiro atoms. The van der Waals surface area contributed by atoms with Gasteiger partial charge in [-0.3, -0.25) is 4.79 Å². The molecule has 2 aromatic carbocycles. The second kappa shape index (κ2) is 9.71. The van der Waals surface area contributed by atoms with Crippen LogP contribution in [0.1, 0.15) is 30.9 Å². The van der Waals surface area contributed by atoms with E-state index in [2.05, 4.69) is 41.1 Å². The molecule has 1 fully saturated rings. The number of benzene rings is 2. The maximum atomic E-state index is 13.1. The van der Waals surface area contributed by atoms with Gasteiger partial charge in [-0.15, -0.1) is 0 Å². The highest BCUT2D eigenvalue weighted by atomic mass is 16.5. The monoisotopic (exact) mass is 399 g/mol. The summed E-state index contributed by atoms with van der Waals surface area (Å²) in [6.45, 7) is 4.28. The Balaban J connectivity index is 1.79. The minimum Gasteiger partial charge on any atom is -0.497 e. The fourth-order valence-corrected chi connectivity index (χ4v) is 3.27. The summed E-state index contributed by atoms with van der Waals surface area (Å²) in [7, 11) is 3.22. The van der Waals surface area contributed by atoms with E-state index in [0.29, 0.717) is 23.8 Å². The average molecular weight is 399 g/mol. The van der Waals surface area contributed by atoms with Gasteiger partial charge in [0.1, 0.15) is 11.5 Å². The number of ether oxygens (including phenoxy) is 2. The molecule has 1 unspecified atom stereocenters. The Morgan fingerprint density at radius 3 is 2.31 bits per heavy atom. The van der Waals surface area contributed by atoms with Gasteiger partial charge in [0, 0.05) is 11.8 Å². The Morgan fingerprint density at radius 1 is 1.03 bits per heavy atom. The molecule has 8 nitrogen and oxygen atoms in total. The van der Waals surface area contributed by atoms with Gasteiger partial charge in [-0.1, -0.05) is 32.0 Å². The van der Waals surface area contributed by atoms with Gasteiger partial charge in [0.25, 0.3) is 0 Å². The van der Waals surface area contributed by atoms with Crippen molar-refractivity contribution < 1.29 is 14.3 Å². The number of carbonyl (C=O) groups is 1. The summed E-state index contributed by atoms with van der Waals surface area (Å²) in [6, 6.07) is 13.6. The first-order valence-corrected chi connectivity index (χ1v) is 9.64.